The molecule has 0 bridgehead atoms. The summed E-state index contributed by atoms with van der Waals surface area (Å²) in [6.07, 6.45) is 2.90. The van der Waals surface area contributed by atoms with Crippen molar-refractivity contribution in [3.63, 3.8) is 0 Å². The van der Waals surface area contributed by atoms with Crippen molar-refractivity contribution in [1.29, 1.82) is 0 Å². The van der Waals surface area contributed by atoms with Gasteiger partial charge in [-0.25, -0.2) is 9.97 Å². The van der Waals surface area contributed by atoms with Crippen LogP contribution in [-0.2, 0) is 0 Å². The summed E-state index contributed by atoms with van der Waals surface area (Å²) in [6.45, 7) is 0. The summed E-state index contributed by atoms with van der Waals surface area (Å²) in [5.41, 5.74) is 1.20. The fourth-order valence-corrected chi connectivity index (χ4v) is 4.51. The second-order valence-corrected chi connectivity index (χ2v) is 7.94. The van der Waals surface area contributed by atoms with Crippen LogP contribution in [0.25, 0.3) is 21.1 Å². The van der Waals surface area contributed by atoms with E-state index in [9.17, 15) is 4.79 Å². The summed E-state index contributed by atoms with van der Waals surface area (Å²) in [7, 11) is 0. The number of H-pyrrole nitrogens is 1. The quantitative estimate of drug-likeness (QED) is 0.256. The number of nitrogens with one attached hydrogen (secondary N) is 1. The fraction of sp³-hybridized carbons (Fsp3) is 0. The minimum atomic E-state index is -0.273. The third-order valence-electron chi connectivity index (χ3n) is 4.52. The molecule has 5 nitrogen and oxygen atoms in total. The lowest BCUT2D eigenvalue weighted by Crippen LogP contribution is -2.02. The maximum atomic E-state index is 13.0. The molecule has 0 amide bonds. The van der Waals surface area contributed by atoms with Crippen LogP contribution in [0.3, 0.4) is 0 Å². The van der Waals surface area contributed by atoms with Crippen LogP contribution in [0.4, 0.5) is 0 Å². The predicted octanol–water partition coefficient (Wildman–Crippen LogP) is 6.50. The third kappa shape index (κ3) is 3.15. The lowest BCUT2D eigenvalue weighted by molar-refractivity contribution is 0.104. The SMILES string of the molecule is O=C(c1ccc(Oc2cccc3ccsc23)cc1Cl)c1c[nH]c2ncnc(Cl)c12. The summed E-state index contributed by atoms with van der Waals surface area (Å²) in [6, 6.07) is 12.9. The first kappa shape index (κ1) is 18.1. The average Bonchev–Trinajstić information content (AvgIpc) is 3.36. The highest BCUT2D eigenvalue weighted by Crippen LogP contribution is 2.35. The number of rotatable bonds is 4. The van der Waals surface area contributed by atoms with Gasteiger partial charge in [0.25, 0.3) is 0 Å². The Morgan fingerprint density at radius 3 is 2.83 bits per heavy atom. The molecule has 3 heterocycles. The molecule has 0 aliphatic carbocycles. The average molecular weight is 440 g/mol. The molecule has 0 spiro atoms. The number of thiophene rings is 1. The monoisotopic (exact) mass is 439 g/mol. The van der Waals surface area contributed by atoms with Crippen molar-refractivity contribution in [1.82, 2.24) is 15.0 Å². The molecule has 5 aromatic rings. The van der Waals surface area contributed by atoms with E-state index in [2.05, 4.69) is 15.0 Å². The number of carbonyl (C=O) groups excluding carboxylic acids is 1. The van der Waals surface area contributed by atoms with E-state index in [4.69, 9.17) is 27.9 Å². The number of aromatic amines is 1. The molecule has 0 saturated heterocycles. The molecule has 3 aromatic heterocycles. The molecular weight excluding hydrogens is 429 g/mol. The van der Waals surface area contributed by atoms with Gasteiger partial charge in [-0.1, -0.05) is 35.3 Å². The van der Waals surface area contributed by atoms with Gasteiger partial charge in [0, 0.05) is 17.8 Å². The largest absolute Gasteiger partial charge is 0.456 e. The van der Waals surface area contributed by atoms with Gasteiger partial charge in [0.1, 0.15) is 28.6 Å². The standard InChI is InChI=1S/C21H11Cl2N3O2S/c22-15-8-12(28-16-3-1-2-11-6-7-29-19(11)16)4-5-13(15)18(27)14-9-24-21-17(14)20(23)25-10-26-21/h1-10H,(H,24,25,26). The highest BCUT2D eigenvalue weighted by Gasteiger charge is 2.20. The smallest absolute Gasteiger partial charge is 0.196 e. The van der Waals surface area contributed by atoms with Crippen LogP contribution in [-0.4, -0.2) is 20.7 Å². The van der Waals surface area contributed by atoms with E-state index < -0.39 is 0 Å². The van der Waals surface area contributed by atoms with E-state index in [0.29, 0.717) is 27.9 Å². The first-order valence-electron chi connectivity index (χ1n) is 8.58. The number of ketones is 1. The highest BCUT2D eigenvalue weighted by atomic mass is 35.5. The third-order valence-corrected chi connectivity index (χ3v) is 6.07. The number of aromatic nitrogens is 3. The van der Waals surface area contributed by atoms with Gasteiger partial charge in [0.15, 0.2) is 5.78 Å². The zero-order valence-electron chi connectivity index (χ0n) is 14.6. The number of halogens is 2. The molecule has 5 rings (SSSR count). The molecule has 29 heavy (non-hydrogen) atoms. The molecule has 142 valence electrons. The van der Waals surface area contributed by atoms with E-state index in [1.807, 2.05) is 29.6 Å². The minimum absolute atomic E-state index is 0.208. The molecule has 2 aromatic carbocycles. The van der Waals surface area contributed by atoms with Crippen molar-refractivity contribution in [3.8, 4) is 11.5 Å². The molecule has 0 saturated carbocycles. The van der Waals surface area contributed by atoms with Gasteiger partial charge in [-0.15, -0.1) is 11.3 Å². The zero-order chi connectivity index (χ0) is 20.0. The summed E-state index contributed by atoms with van der Waals surface area (Å²) < 4.78 is 7.07. The number of hydrogen-bond donors (Lipinski definition) is 1. The Balaban J connectivity index is 1.49. The first-order chi connectivity index (χ1) is 14.1. The Morgan fingerprint density at radius 1 is 1.07 bits per heavy atom. The van der Waals surface area contributed by atoms with Crippen LogP contribution in [0.15, 0.2) is 60.4 Å². The highest BCUT2D eigenvalue weighted by molar-refractivity contribution is 7.17. The summed E-state index contributed by atoms with van der Waals surface area (Å²) in [5.74, 6) is 1.02. The minimum Gasteiger partial charge on any atom is -0.456 e. The predicted molar refractivity (Wildman–Crippen MR) is 116 cm³/mol. The summed E-state index contributed by atoms with van der Waals surface area (Å²) in [4.78, 5) is 24.0. The summed E-state index contributed by atoms with van der Waals surface area (Å²) in [5, 5.41) is 4.10. The van der Waals surface area contributed by atoms with E-state index in [1.54, 1.807) is 35.7 Å². The van der Waals surface area contributed by atoms with Crippen molar-refractivity contribution in [2.24, 2.45) is 0 Å². The van der Waals surface area contributed by atoms with E-state index in [-0.39, 0.29) is 16.0 Å². The maximum absolute atomic E-state index is 13.0. The Morgan fingerprint density at radius 2 is 1.97 bits per heavy atom. The van der Waals surface area contributed by atoms with Crippen molar-refractivity contribution in [2.45, 2.75) is 0 Å². The van der Waals surface area contributed by atoms with Crippen LogP contribution in [0.1, 0.15) is 15.9 Å². The number of fused-ring (bicyclic) bond motifs is 2. The maximum Gasteiger partial charge on any atom is 0.196 e. The molecule has 0 atom stereocenters. The number of benzene rings is 2. The Bertz CT molecular complexity index is 1390. The van der Waals surface area contributed by atoms with Gasteiger partial charge >= 0.3 is 0 Å². The number of hydrogen-bond acceptors (Lipinski definition) is 5. The van der Waals surface area contributed by atoms with E-state index in [1.165, 1.54) is 6.33 Å². The number of carbonyl (C=O) groups is 1. The first-order valence-corrected chi connectivity index (χ1v) is 10.2. The van der Waals surface area contributed by atoms with Crippen molar-refractivity contribution < 1.29 is 9.53 Å². The molecule has 0 fully saturated rings. The Labute approximate surface area is 178 Å². The molecule has 0 aliphatic heterocycles. The molecule has 0 radical (unpaired) electrons. The lowest BCUT2D eigenvalue weighted by Gasteiger charge is -2.09. The van der Waals surface area contributed by atoms with Gasteiger partial charge in [-0.05, 0) is 35.0 Å². The van der Waals surface area contributed by atoms with Gasteiger partial charge in [0.2, 0.25) is 0 Å². The van der Waals surface area contributed by atoms with Crippen LogP contribution < -0.4 is 4.74 Å². The Hall–Kier alpha value is -2.93. The van der Waals surface area contributed by atoms with E-state index >= 15 is 0 Å². The van der Waals surface area contributed by atoms with Crippen LogP contribution in [0, 0.1) is 0 Å². The van der Waals surface area contributed by atoms with Crippen LogP contribution in [0.2, 0.25) is 10.2 Å². The molecule has 0 aliphatic rings. The molecular formula is C21H11Cl2N3O2S. The lowest BCUT2D eigenvalue weighted by atomic mass is 10.0. The number of ether oxygens (including phenoxy) is 1. The fourth-order valence-electron chi connectivity index (χ4n) is 3.17. The van der Waals surface area contributed by atoms with E-state index in [0.717, 1.165) is 15.8 Å². The van der Waals surface area contributed by atoms with Crippen LogP contribution >= 0.6 is 34.5 Å². The van der Waals surface area contributed by atoms with Gasteiger partial charge < -0.3 is 9.72 Å². The van der Waals surface area contributed by atoms with Crippen molar-refractivity contribution in [3.05, 3.63) is 81.7 Å². The van der Waals surface area contributed by atoms with Crippen molar-refractivity contribution >= 4 is 61.4 Å². The second-order valence-electron chi connectivity index (χ2n) is 6.26. The summed E-state index contributed by atoms with van der Waals surface area (Å²) >= 11 is 14.2. The van der Waals surface area contributed by atoms with Gasteiger partial charge in [0.05, 0.1) is 20.7 Å². The van der Waals surface area contributed by atoms with Crippen molar-refractivity contribution in [2.75, 3.05) is 0 Å². The van der Waals surface area contributed by atoms with Crippen LogP contribution in [0.5, 0.6) is 11.5 Å². The van der Waals surface area contributed by atoms with Gasteiger partial charge in [-0.2, -0.15) is 0 Å². The second kappa shape index (κ2) is 7.15. The molecule has 1 N–H and O–H groups in total. The zero-order valence-corrected chi connectivity index (χ0v) is 17.0. The topological polar surface area (TPSA) is 67.9 Å². The normalized spacial score (nSPS) is 11.2. The molecule has 0 unspecified atom stereocenters. The molecule has 8 heteroatoms. The van der Waals surface area contributed by atoms with Gasteiger partial charge in [-0.3, -0.25) is 4.79 Å². The number of nitrogens with zero attached hydrogens (tertiary/aromatic N) is 2. The Kier molecular flexibility index (Phi) is 4.47.